The number of ether oxygens (including phenoxy) is 1. The minimum Gasteiger partial charge on any atom is -0.496 e. The van der Waals surface area contributed by atoms with Crippen LogP contribution in [0.5, 0.6) is 5.75 Å². The molecule has 2 nitrogen and oxygen atoms in total. The largest absolute Gasteiger partial charge is 0.496 e. The molecule has 0 amide bonds. The monoisotopic (exact) mass is 197 g/mol. The summed E-state index contributed by atoms with van der Waals surface area (Å²) in [5, 5.41) is 0. The van der Waals surface area contributed by atoms with Gasteiger partial charge < -0.3 is 4.74 Å². The number of pyridine rings is 1. The molecule has 1 heterocycles. The number of methoxy groups -OCH3 is 1. The quantitative estimate of drug-likeness (QED) is 0.617. The first-order chi connectivity index (χ1) is 4.75. The van der Waals surface area contributed by atoms with Crippen molar-refractivity contribution in [1.29, 1.82) is 0 Å². The molecule has 2 radical (unpaired) electrons. The second-order valence-electron chi connectivity index (χ2n) is 1.74. The van der Waals surface area contributed by atoms with E-state index in [4.69, 9.17) is 12.6 Å². The van der Waals surface area contributed by atoms with Crippen LogP contribution < -0.4 is 10.2 Å². The molecule has 0 aliphatic heterocycles. The molecule has 0 saturated carbocycles. The zero-order valence-corrected chi connectivity index (χ0v) is 7.05. The lowest BCUT2D eigenvalue weighted by Crippen LogP contribution is -2.08. The number of rotatable bonds is 1. The molecule has 0 N–H and O–H groups in total. The summed E-state index contributed by atoms with van der Waals surface area (Å²) in [7, 11) is 7.08. The van der Waals surface area contributed by atoms with E-state index < -0.39 is 0 Å². The van der Waals surface area contributed by atoms with Crippen molar-refractivity contribution in [3.05, 3.63) is 16.9 Å². The Hall–Kier alpha value is -0.505. The van der Waals surface area contributed by atoms with Gasteiger partial charge in [0.25, 0.3) is 0 Å². The summed E-state index contributed by atoms with van der Waals surface area (Å²) >= 11 is 3.24. The fourth-order valence-corrected chi connectivity index (χ4v) is 1.16. The molecule has 0 unspecified atom stereocenters. The van der Waals surface area contributed by atoms with Gasteiger partial charge in [-0.2, -0.15) is 0 Å². The molecule has 0 atom stereocenters. The van der Waals surface area contributed by atoms with Crippen LogP contribution in [-0.4, -0.2) is 19.9 Å². The van der Waals surface area contributed by atoms with Gasteiger partial charge >= 0.3 is 0 Å². The van der Waals surface area contributed by atoms with Crippen LogP contribution in [0, 0.1) is 0 Å². The highest BCUT2D eigenvalue weighted by atomic mass is 79.9. The molecule has 0 fully saturated rings. The minimum absolute atomic E-state index is 0.539. The first-order valence-electron chi connectivity index (χ1n) is 2.68. The van der Waals surface area contributed by atoms with Crippen LogP contribution in [0.15, 0.2) is 16.9 Å². The maximum absolute atomic E-state index is 5.51. The first kappa shape index (κ1) is 7.60. The molecule has 0 aromatic carbocycles. The number of hydrogen-bond acceptors (Lipinski definition) is 2. The average molecular weight is 198 g/mol. The Morgan fingerprint density at radius 1 is 1.60 bits per heavy atom. The molecule has 1 rings (SSSR count). The molecular weight excluding hydrogens is 193 g/mol. The maximum Gasteiger partial charge on any atom is 0.129 e. The SMILES string of the molecule is [B]c1cncc(Br)c1OC. The number of aromatic nitrogens is 1. The van der Waals surface area contributed by atoms with E-state index in [0.717, 1.165) is 4.47 Å². The minimum atomic E-state index is 0.539. The Morgan fingerprint density at radius 3 is 2.70 bits per heavy atom. The standard InChI is InChI=1S/C6H5BBrNO/c1-10-6-4(7)2-9-3-5(6)8/h2-3H,1H3. The van der Waals surface area contributed by atoms with Gasteiger partial charge in [0.15, 0.2) is 0 Å². The zero-order chi connectivity index (χ0) is 7.56. The van der Waals surface area contributed by atoms with Gasteiger partial charge in [-0.25, -0.2) is 0 Å². The van der Waals surface area contributed by atoms with Crippen molar-refractivity contribution in [3.8, 4) is 5.75 Å². The van der Waals surface area contributed by atoms with Crippen molar-refractivity contribution in [3.63, 3.8) is 0 Å². The van der Waals surface area contributed by atoms with Crippen molar-refractivity contribution in [2.75, 3.05) is 7.11 Å². The molecule has 0 saturated heterocycles. The number of halogens is 1. The second kappa shape index (κ2) is 3.06. The van der Waals surface area contributed by atoms with Crippen molar-refractivity contribution >= 4 is 29.2 Å². The molecular formula is C6H5BBrNO. The van der Waals surface area contributed by atoms with Crippen LogP contribution in [0.2, 0.25) is 0 Å². The van der Waals surface area contributed by atoms with Gasteiger partial charge in [-0.15, -0.1) is 0 Å². The smallest absolute Gasteiger partial charge is 0.129 e. The predicted molar refractivity (Wildman–Crippen MR) is 43.9 cm³/mol. The van der Waals surface area contributed by atoms with Crippen molar-refractivity contribution in [1.82, 2.24) is 4.98 Å². The van der Waals surface area contributed by atoms with E-state index in [1.54, 1.807) is 19.5 Å². The van der Waals surface area contributed by atoms with E-state index >= 15 is 0 Å². The molecule has 10 heavy (non-hydrogen) atoms. The highest BCUT2D eigenvalue weighted by Gasteiger charge is 2.00. The summed E-state index contributed by atoms with van der Waals surface area (Å²) in [5.74, 6) is 0.634. The van der Waals surface area contributed by atoms with Gasteiger partial charge in [0.2, 0.25) is 0 Å². The van der Waals surface area contributed by atoms with E-state index in [2.05, 4.69) is 20.9 Å². The molecule has 4 heteroatoms. The van der Waals surface area contributed by atoms with E-state index in [1.807, 2.05) is 0 Å². The van der Waals surface area contributed by atoms with Crippen LogP contribution in [0.3, 0.4) is 0 Å². The molecule has 1 aromatic heterocycles. The van der Waals surface area contributed by atoms with Crippen LogP contribution in [0.4, 0.5) is 0 Å². The summed E-state index contributed by atoms with van der Waals surface area (Å²) in [6.45, 7) is 0. The molecule has 1 aromatic rings. The highest BCUT2D eigenvalue weighted by molar-refractivity contribution is 9.10. The lowest BCUT2D eigenvalue weighted by Gasteiger charge is -2.04. The molecule has 0 bridgehead atoms. The fraction of sp³-hybridized carbons (Fsp3) is 0.167. The second-order valence-corrected chi connectivity index (χ2v) is 2.60. The summed E-state index contributed by atoms with van der Waals surface area (Å²) in [6.07, 6.45) is 3.18. The van der Waals surface area contributed by atoms with Gasteiger partial charge in [-0.05, 0) is 21.4 Å². The van der Waals surface area contributed by atoms with Gasteiger partial charge in [0.05, 0.1) is 11.6 Å². The summed E-state index contributed by atoms with van der Waals surface area (Å²) < 4.78 is 5.74. The van der Waals surface area contributed by atoms with Crippen LogP contribution in [0.25, 0.3) is 0 Å². The van der Waals surface area contributed by atoms with E-state index in [-0.39, 0.29) is 0 Å². The summed E-state index contributed by atoms with van der Waals surface area (Å²) in [5.41, 5.74) is 0.539. The van der Waals surface area contributed by atoms with Crippen molar-refractivity contribution in [2.24, 2.45) is 0 Å². The zero-order valence-electron chi connectivity index (χ0n) is 5.47. The van der Waals surface area contributed by atoms with Crippen molar-refractivity contribution in [2.45, 2.75) is 0 Å². The number of hydrogen-bond donors (Lipinski definition) is 0. The third kappa shape index (κ3) is 1.32. The van der Waals surface area contributed by atoms with Crippen LogP contribution in [-0.2, 0) is 0 Å². The third-order valence-corrected chi connectivity index (χ3v) is 1.65. The Balaban J connectivity index is 3.17. The van der Waals surface area contributed by atoms with Gasteiger partial charge in [-0.1, -0.05) is 0 Å². The van der Waals surface area contributed by atoms with Gasteiger partial charge in [0, 0.05) is 12.4 Å². The maximum atomic E-state index is 5.51. The highest BCUT2D eigenvalue weighted by Crippen LogP contribution is 2.19. The fourth-order valence-electron chi connectivity index (χ4n) is 0.654. The molecule has 50 valence electrons. The molecule has 0 aliphatic rings. The van der Waals surface area contributed by atoms with Crippen molar-refractivity contribution < 1.29 is 4.74 Å². The van der Waals surface area contributed by atoms with Crippen LogP contribution >= 0.6 is 15.9 Å². The Labute approximate surface area is 69.1 Å². The normalized spacial score (nSPS) is 9.40. The number of nitrogens with zero attached hydrogens (tertiary/aromatic N) is 1. The average Bonchev–Trinajstić information content (AvgIpc) is 1.88. The predicted octanol–water partition coefficient (Wildman–Crippen LogP) is 0.647. The summed E-state index contributed by atoms with van der Waals surface area (Å²) in [4.78, 5) is 3.84. The van der Waals surface area contributed by atoms with Gasteiger partial charge in [-0.3, -0.25) is 4.98 Å². The third-order valence-electron chi connectivity index (χ3n) is 1.08. The lowest BCUT2D eigenvalue weighted by molar-refractivity contribution is 0.415. The summed E-state index contributed by atoms with van der Waals surface area (Å²) in [6, 6.07) is 0. The molecule has 0 spiro atoms. The van der Waals surface area contributed by atoms with Gasteiger partial charge in [0.1, 0.15) is 13.6 Å². The Kier molecular flexibility index (Phi) is 2.32. The molecule has 0 aliphatic carbocycles. The Bertz CT molecular complexity index is 221. The van der Waals surface area contributed by atoms with E-state index in [1.165, 1.54) is 0 Å². The first-order valence-corrected chi connectivity index (χ1v) is 3.48. The lowest BCUT2D eigenvalue weighted by atomic mass is 9.98. The topological polar surface area (TPSA) is 22.1 Å². The van der Waals surface area contributed by atoms with Crippen LogP contribution in [0.1, 0.15) is 0 Å². The van der Waals surface area contributed by atoms with E-state index in [9.17, 15) is 0 Å². The Morgan fingerprint density at radius 2 is 2.30 bits per heavy atom. The van der Waals surface area contributed by atoms with E-state index in [0.29, 0.717) is 11.2 Å².